The van der Waals surface area contributed by atoms with E-state index in [1.165, 1.54) is 4.88 Å². The SMILES string of the molecule is CC(C)C(Nc1nccs1)c1cccs1. The first-order valence-electron chi connectivity index (χ1n) is 4.97. The Labute approximate surface area is 98.0 Å². The first-order valence-corrected chi connectivity index (χ1v) is 6.72. The van der Waals surface area contributed by atoms with E-state index in [4.69, 9.17) is 0 Å². The number of hydrogen-bond donors (Lipinski definition) is 1. The first-order chi connectivity index (χ1) is 7.27. The molecule has 15 heavy (non-hydrogen) atoms. The Morgan fingerprint density at radius 2 is 2.13 bits per heavy atom. The van der Waals surface area contributed by atoms with Crippen molar-refractivity contribution in [2.45, 2.75) is 19.9 Å². The first kappa shape index (κ1) is 10.6. The van der Waals surface area contributed by atoms with Crippen molar-refractivity contribution in [3.05, 3.63) is 34.0 Å². The predicted octanol–water partition coefficient (Wildman–Crippen LogP) is 4.01. The Morgan fingerprint density at radius 1 is 1.27 bits per heavy atom. The van der Waals surface area contributed by atoms with Gasteiger partial charge in [0.1, 0.15) is 0 Å². The summed E-state index contributed by atoms with van der Waals surface area (Å²) in [5.41, 5.74) is 0. The van der Waals surface area contributed by atoms with Gasteiger partial charge in [0.05, 0.1) is 6.04 Å². The molecular weight excluding hydrogens is 224 g/mol. The van der Waals surface area contributed by atoms with E-state index < -0.39 is 0 Å². The Kier molecular flexibility index (Phi) is 3.38. The lowest BCUT2D eigenvalue weighted by molar-refractivity contribution is 0.553. The van der Waals surface area contributed by atoms with Gasteiger partial charge in [0.25, 0.3) is 0 Å². The summed E-state index contributed by atoms with van der Waals surface area (Å²) in [6.45, 7) is 4.45. The number of nitrogens with zero attached hydrogens (tertiary/aromatic N) is 1. The number of nitrogens with one attached hydrogen (secondary N) is 1. The van der Waals surface area contributed by atoms with Crippen molar-refractivity contribution < 1.29 is 0 Å². The van der Waals surface area contributed by atoms with Gasteiger partial charge in [-0.15, -0.1) is 22.7 Å². The maximum atomic E-state index is 4.26. The van der Waals surface area contributed by atoms with Gasteiger partial charge in [-0.05, 0) is 17.4 Å². The molecule has 0 aliphatic heterocycles. The third-order valence-electron chi connectivity index (χ3n) is 2.23. The highest BCUT2D eigenvalue weighted by Gasteiger charge is 2.17. The average molecular weight is 238 g/mol. The number of rotatable bonds is 4. The van der Waals surface area contributed by atoms with Gasteiger partial charge in [-0.2, -0.15) is 0 Å². The van der Waals surface area contributed by atoms with Gasteiger partial charge >= 0.3 is 0 Å². The maximum absolute atomic E-state index is 4.26. The summed E-state index contributed by atoms with van der Waals surface area (Å²) in [5.74, 6) is 0.563. The Balaban J connectivity index is 2.14. The zero-order chi connectivity index (χ0) is 10.7. The molecule has 0 aromatic carbocycles. The summed E-state index contributed by atoms with van der Waals surface area (Å²) in [6, 6.07) is 4.64. The summed E-state index contributed by atoms with van der Waals surface area (Å²) in [7, 11) is 0. The van der Waals surface area contributed by atoms with Gasteiger partial charge in [0.2, 0.25) is 0 Å². The topological polar surface area (TPSA) is 24.9 Å². The minimum atomic E-state index is 0.371. The highest BCUT2D eigenvalue weighted by atomic mass is 32.1. The van der Waals surface area contributed by atoms with Gasteiger partial charge in [-0.25, -0.2) is 4.98 Å². The van der Waals surface area contributed by atoms with Crippen LogP contribution < -0.4 is 5.32 Å². The molecule has 2 nitrogen and oxygen atoms in total. The van der Waals surface area contributed by atoms with Crippen molar-refractivity contribution in [1.82, 2.24) is 4.98 Å². The van der Waals surface area contributed by atoms with E-state index in [0.717, 1.165) is 5.13 Å². The van der Waals surface area contributed by atoms with Crippen LogP contribution in [-0.2, 0) is 0 Å². The summed E-state index contributed by atoms with van der Waals surface area (Å²) < 4.78 is 0. The molecule has 0 bridgehead atoms. The van der Waals surface area contributed by atoms with E-state index in [1.807, 2.05) is 11.6 Å². The lowest BCUT2D eigenvalue weighted by atomic mass is 10.0. The van der Waals surface area contributed by atoms with Crippen LogP contribution in [0.15, 0.2) is 29.1 Å². The summed E-state index contributed by atoms with van der Waals surface area (Å²) in [6.07, 6.45) is 1.83. The number of thiophene rings is 1. The highest BCUT2D eigenvalue weighted by Crippen LogP contribution is 2.30. The standard InChI is InChI=1S/C11H14N2S2/c1-8(2)10(9-4-3-6-14-9)13-11-12-5-7-15-11/h3-8,10H,1-2H3,(H,12,13). The lowest BCUT2D eigenvalue weighted by Gasteiger charge is -2.20. The van der Waals surface area contributed by atoms with Crippen molar-refractivity contribution in [3.8, 4) is 0 Å². The van der Waals surface area contributed by atoms with Crippen molar-refractivity contribution in [2.75, 3.05) is 5.32 Å². The molecule has 2 heterocycles. The summed E-state index contributed by atoms with van der Waals surface area (Å²) in [4.78, 5) is 5.64. The third-order valence-corrected chi connectivity index (χ3v) is 3.89. The largest absolute Gasteiger partial charge is 0.354 e. The molecule has 0 radical (unpaired) electrons. The monoisotopic (exact) mass is 238 g/mol. The second-order valence-corrected chi connectivity index (χ2v) is 5.59. The van der Waals surface area contributed by atoms with Gasteiger partial charge in [0.15, 0.2) is 5.13 Å². The van der Waals surface area contributed by atoms with Crippen LogP contribution in [0.3, 0.4) is 0 Å². The zero-order valence-electron chi connectivity index (χ0n) is 8.81. The van der Waals surface area contributed by atoms with Crippen molar-refractivity contribution in [1.29, 1.82) is 0 Å². The fourth-order valence-electron chi connectivity index (χ4n) is 1.46. The third kappa shape index (κ3) is 2.58. The second kappa shape index (κ2) is 4.77. The molecule has 0 fully saturated rings. The fourth-order valence-corrected chi connectivity index (χ4v) is 2.98. The highest BCUT2D eigenvalue weighted by molar-refractivity contribution is 7.13. The molecular formula is C11H14N2S2. The Bertz CT molecular complexity index is 379. The van der Waals surface area contributed by atoms with E-state index in [1.54, 1.807) is 22.7 Å². The van der Waals surface area contributed by atoms with Crippen LogP contribution in [0.2, 0.25) is 0 Å². The molecule has 0 aliphatic rings. The Hall–Kier alpha value is -0.870. The molecule has 2 rings (SSSR count). The molecule has 1 unspecified atom stereocenters. The van der Waals surface area contributed by atoms with Crippen LogP contribution in [0.5, 0.6) is 0 Å². The van der Waals surface area contributed by atoms with Gasteiger partial charge in [-0.1, -0.05) is 19.9 Å². The lowest BCUT2D eigenvalue weighted by Crippen LogP contribution is -2.15. The van der Waals surface area contributed by atoms with Gasteiger partial charge in [0, 0.05) is 16.5 Å². The van der Waals surface area contributed by atoms with Crippen LogP contribution in [-0.4, -0.2) is 4.98 Å². The zero-order valence-corrected chi connectivity index (χ0v) is 10.4. The molecule has 0 spiro atoms. The minimum Gasteiger partial charge on any atom is -0.354 e. The van der Waals surface area contributed by atoms with E-state index >= 15 is 0 Å². The molecule has 4 heteroatoms. The summed E-state index contributed by atoms with van der Waals surface area (Å²) in [5, 5.41) is 8.59. The number of anilines is 1. The van der Waals surface area contributed by atoms with Crippen molar-refractivity contribution in [2.24, 2.45) is 5.92 Å². The fraction of sp³-hybridized carbons (Fsp3) is 0.364. The molecule has 0 saturated carbocycles. The molecule has 1 atom stereocenters. The van der Waals surface area contributed by atoms with Crippen LogP contribution in [0, 0.1) is 5.92 Å². The van der Waals surface area contributed by atoms with Crippen molar-refractivity contribution >= 4 is 27.8 Å². The van der Waals surface area contributed by atoms with E-state index in [2.05, 4.69) is 41.7 Å². The molecule has 1 N–H and O–H groups in total. The average Bonchev–Trinajstić information content (AvgIpc) is 2.87. The molecule has 80 valence electrons. The normalized spacial score (nSPS) is 13.0. The van der Waals surface area contributed by atoms with Crippen LogP contribution in [0.25, 0.3) is 0 Å². The molecule has 2 aromatic rings. The van der Waals surface area contributed by atoms with E-state index in [9.17, 15) is 0 Å². The number of aromatic nitrogens is 1. The van der Waals surface area contributed by atoms with Gasteiger partial charge < -0.3 is 5.32 Å². The van der Waals surface area contributed by atoms with Crippen molar-refractivity contribution in [3.63, 3.8) is 0 Å². The molecule has 2 aromatic heterocycles. The van der Waals surface area contributed by atoms with E-state index in [0.29, 0.717) is 12.0 Å². The van der Waals surface area contributed by atoms with Crippen LogP contribution in [0.1, 0.15) is 24.8 Å². The number of thiazole rings is 1. The van der Waals surface area contributed by atoms with E-state index in [-0.39, 0.29) is 0 Å². The minimum absolute atomic E-state index is 0.371. The smallest absolute Gasteiger partial charge is 0.183 e. The van der Waals surface area contributed by atoms with Gasteiger partial charge in [-0.3, -0.25) is 0 Å². The van der Waals surface area contributed by atoms with Crippen LogP contribution >= 0.6 is 22.7 Å². The predicted molar refractivity (Wildman–Crippen MR) is 67.6 cm³/mol. The quantitative estimate of drug-likeness (QED) is 0.870. The molecule has 0 amide bonds. The maximum Gasteiger partial charge on any atom is 0.183 e. The number of hydrogen-bond acceptors (Lipinski definition) is 4. The van der Waals surface area contributed by atoms with Crippen LogP contribution in [0.4, 0.5) is 5.13 Å². The molecule has 0 aliphatic carbocycles. The Morgan fingerprint density at radius 3 is 2.67 bits per heavy atom. The molecule has 0 saturated heterocycles. The summed E-state index contributed by atoms with van der Waals surface area (Å²) >= 11 is 3.44. The second-order valence-electron chi connectivity index (χ2n) is 3.72.